The number of nitrogens with zero attached hydrogens (tertiary/aromatic N) is 1. The first-order chi connectivity index (χ1) is 12.5. The number of fused-ring (bicyclic) bond motifs is 1. The molecule has 0 heterocycles. The lowest BCUT2D eigenvalue weighted by Crippen LogP contribution is -2.20. The van der Waals surface area contributed by atoms with Crippen molar-refractivity contribution >= 4 is 38.8 Å². The van der Waals surface area contributed by atoms with Gasteiger partial charge in [0.2, 0.25) is 0 Å². The number of hydrogen-bond donors (Lipinski definition) is 1. The second-order valence-corrected chi connectivity index (χ2v) is 6.99. The fraction of sp³-hybridized carbons (Fsp3) is 0.143. The molecule has 0 aromatic heterocycles. The molecule has 0 saturated heterocycles. The SMILES string of the molecule is CC(C)Oc1ccc(Br)cc1C(=O)N/N=C\c1cccc2ccccc12. The largest absolute Gasteiger partial charge is 0.490 e. The normalized spacial score (nSPS) is 11.2. The highest BCUT2D eigenvalue weighted by Crippen LogP contribution is 2.24. The number of amides is 1. The Morgan fingerprint density at radius 3 is 2.69 bits per heavy atom. The van der Waals surface area contributed by atoms with E-state index < -0.39 is 0 Å². The van der Waals surface area contributed by atoms with Gasteiger partial charge >= 0.3 is 0 Å². The van der Waals surface area contributed by atoms with Gasteiger partial charge in [-0.15, -0.1) is 0 Å². The number of hydrazone groups is 1. The lowest BCUT2D eigenvalue weighted by molar-refractivity contribution is 0.0949. The van der Waals surface area contributed by atoms with Crippen LogP contribution in [-0.4, -0.2) is 18.2 Å². The van der Waals surface area contributed by atoms with Crippen LogP contribution < -0.4 is 10.2 Å². The van der Waals surface area contributed by atoms with Gasteiger partial charge in [-0.1, -0.05) is 58.4 Å². The molecular weight excluding hydrogens is 392 g/mol. The minimum absolute atomic E-state index is 0.0260. The van der Waals surface area contributed by atoms with Gasteiger partial charge in [0, 0.05) is 10.0 Å². The zero-order valence-electron chi connectivity index (χ0n) is 14.6. The van der Waals surface area contributed by atoms with E-state index in [1.54, 1.807) is 18.3 Å². The minimum atomic E-state index is -0.321. The Hall–Kier alpha value is -2.66. The van der Waals surface area contributed by atoms with E-state index in [0.717, 1.165) is 20.8 Å². The predicted molar refractivity (Wildman–Crippen MR) is 109 cm³/mol. The van der Waals surface area contributed by atoms with E-state index in [2.05, 4.69) is 26.5 Å². The fourth-order valence-corrected chi connectivity index (χ4v) is 2.98. The van der Waals surface area contributed by atoms with Crippen molar-refractivity contribution in [2.75, 3.05) is 0 Å². The van der Waals surface area contributed by atoms with Crippen molar-refractivity contribution in [3.63, 3.8) is 0 Å². The summed E-state index contributed by atoms with van der Waals surface area (Å²) < 4.78 is 6.51. The Kier molecular flexibility index (Phi) is 5.68. The summed E-state index contributed by atoms with van der Waals surface area (Å²) in [5.41, 5.74) is 3.96. The molecule has 3 aromatic rings. The number of hydrogen-bond acceptors (Lipinski definition) is 3. The molecule has 0 atom stereocenters. The number of halogens is 1. The van der Waals surface area contributed by atoms with Crippen molar-refractivity contribution in [2.45, 2.75) is 20.0 Å². The Bertz CT molecular complexity index is 962. The summed E-state index contributed by atoms with van der Waals surface area (Å²) in [6.45, 7) is 3.84. The molecule has 4 nitrogen and oxygen atoms in total. The van der Waals surface area contributed by atoms with E-state index in [1.165, 1.54) is 0 Å². The Morgan fingerprint density at radius 2 is 1.88 bits per heavy atom. The van der Waals surface area contributed by atoms with Crippen molar-refractivity contribution < 1.29 is 9.53 Å². The van der Waals surface area contributed by atoms with E-state index in [-0.39, 0.29) is 12.0 Å². The van der Waals surface area contributed by atoms with Crippen LogP contribution >= 0.6 is 15.9 Å². The smallest absolute Gasteiger partial charge is 0.275 e. The maximum atomic E-state index is 12.5. The van der Waals surface area contributed by atoms with Crippen LogP contribution in [0.5, 0.6) is 5.75 Å². The lowest BCUT2D eigenvalue weighted by Gasteiger charge is -2.13. The number of ether oxygens (including phenoxy) is 1. The fourth-order valence-electron chi connectivity index (χ4n) is 2.62. The molecular formula is C21H19BrN2O2. The number of carbonyl (C=O) groups is 1. The molecule has 0 saturated carbocycles. The molecule has 3 rings (SSSR count). The van der Waals surface area contributed by atoms with E-state index in [4.69, 9.17) is 4.74 Å². The van der Waals surface area contributed by atoms with Crippen LogP contribution in [0.2, 0.25) is 0 Å². The number of nitrogens with one attached hydrogen (secondary N) is 1. The topological polar surface area (TPSA) is 50.7 Å². The lowest BCUT2D eigenvalue weighted by atomic mass is 10.1. The molecule has 0 spiro atoms. The van der Waals surface area contributed by atoms with Gasteiger partial charge < -0.3 is 4.74 Å². The zero-order chi connectivity index (χ0) is 18.5. The summed E-state index contributed by atoms with van der Waals surface area (Å²) in [7, 11) is 0. The average molecular weight is 411 g/mol. The number of rotatable bonds is 5. The molecule has 3 aromatic carbocycles. The van der Waals surface area contributed by atoms with Crippen molar-refractivity contribution in [3.8, 4) is 5.75 Å². The molecule has 0 aliphatic rings. The van der Waals surface area contributed by atoms with Gasteiger partial charge in [-0.2, -0.15) is 5.10 Å². The second kappa shape index (κ2) is 8.15. The quantitative estimate of drug-likeness (QED) is 0.466. The molecule has 1 amide bonds. The molecule has 1 N–H and O–H groups in total. The Labute approximate surface area is 161 Å². The van der Waals surface area contributed by atoms with Crippen molar-refractivity contribution in [1.82, 2.24) is 5.43 Å². The van der Waals surface area contributed by atoms with Crippen LogP contribution in [0.15, 0.2) is 70.2 Å². The molecule has 0 bridgehead atoms. The molecule has 0 fully saturated rings. The first kappa shape index (κ1) is 18.1. The van der Waals surface area contributed by atoms with Crippen molar-refractivity contribution in [3.05, 3.63) is 76.3 Å². The standard InChI is InChI=1S/C21H19BrN2O2/c1-14(2)26-20-11-10-17(22)12-19(20)21(25)24-23-13-16-8-5-7-15-6-3-4-9-18(15)16/h3-14H,1-2H3,(H,24,25)/b23-13-. The van der Waals surface area contributed by atoms with E-state index >= 15 is 0 Å². The molecule has 5 heteroatoms. The Morgan fingerprint density at radius 1 is 1.12 bits per heavy atom. The first-order valence-electron chi connectivity index (χ1n) is 8.32. The molecule has 0 unspecified atom stereocenters. The summed E-state index contributed by atoms with van der Waals surface area (Å²) in [6.07, 6.45) is 1.63. The van der Waals surface area contributed by atoms with E-state index in [0.29, 0.717) is 11.3 Å². The molecule has 0 aliphatic carbocycles. The summed E-state index contributed by atoms with van der Waals surface area (Å²) in [5, 5.41) is 6.33. The summed E-state index contributed by atoms with van der Waals surface area (Å²) >= 11 is 3.39. The molecule has 132 valence electrons. The van der Waals surface area contributed by atoms with Gasteiger partial charge in [0.1, 0.15) is 5.75 Å². The average Bonchev–Trinajstić information content (AvgIpc) is 2.63. The van der Waals surface area contributed by atoms with Crippen LogP contribution in [0, 0.1) is 0 Å². The van der Waals surface area contributed by atoms with Gasteiger partial charge in [0.05, 0.1) is 17.9 Å². The molecule has 0 aliphatic heterocycles. The highest BCUT2D eigenvalue weighted by atomic mass is 79.9. The minimum Gasteiger partial charge on any atom is -0.490 e. The predicted octanol–water partition coefficient (Wildman–Crippen LogP) is 5.15. The Balaban J connectivity index is 1.80. The highest BCUT2D eigenvalue weighted by Gasteiger charge is 2.14. The van der Waals surface area contributed by atoms with Gasteiger partial charge in [0.15, 0.2) is 0 Å². The third-order valence-corrected chi connectivity index (χ3v) is 4.24. The zero-order valence-corrected chi connectivity index (χ0v) is 16.2. The van der Waals surface area contributed by atoms with E-state index in [9.17, 15) is 4.79 Å². The van der Waals surface area contributed by atoms with Gasteiger partial charge in [-0.25, -0.2) is 5.43 Å². The van der Waals surface area contributed by atoms with Crippen molar-refractivity contribution in [1.29, 1.82) is 0 Å². The monoisotopic (exact) mass is 410 g/mol. The van der Waals surface area contributed by atoms with Crippen LogP contribution in [0.25, 0.3) is 10.8 Å². The van der Waals surface area contributed by atoms with Gasteiger partial charge in [0.25, 0.3) is 5.91 Å². The number of carbonyl (C=O) groups excluding carboxylic acids is 1. The summed E-state index contributed by atoms with van der Waals surface area (Å²) in [6, 6.07) is 19.4. The number of benzene rings is 3. The first-order valence-corrected chi connectivity index (χ1v) is 9.11. The maximum absolute atomic E-state index is 12.5. The molecule has 26 heavy (non-hydrogen) atoms. The highest BCUT2D eigenvalue weighted by molar-refractivity contribution is 9.10. The van der Waals surface area contributed by atoms with Crippen LogP contribution in [0.1, 0.15) is 29.8 Å². The maximum Gasteiger partial charge on any atom is 0.275 e. The van der Waals surface area contributed by atoms with Crippen LogP contribution in [0.3, 0.4) is 0 Å². The van der Waals surface area contributed by atoms with Crippen LogP contribution in [-0.2, 0) is 0 Å². The third-order valence-electron chi connectivity index (χ3n) is 3.74. The van der Waals surface area contributed by atoms with Gasteiger partial charge in [-0.05, 0) is 42.8 Å². The van der Waals surface area contributed by atoms with E-state index in [1.807, 2.05) is 62.4 Å². The summed E-state index contributed by atoms with van der Waals surface area (Å²) in [5.74, 6) is 0.208. The van der Waals surface area contributed by atoms with Crippen LogP contribution in [0.4, 0.5) is 0 Å². The summed E-state index contributed by atoms with van der Waals surface area (Å²) in [4.78, 5) is 12.5. The third kappa shape index (κ3) is 4.29. The van der Waals surface area contributed by atoms with Crippen molar-refractivity contribution in [2.24, 2.45) is 5.10 Å². The van der Waals surface area contributed by atoms with Gasteiger partial charge in [-0.3, -0.25) is 4.79 Å². The second-order valence-electron chi connectivity index (χ2n) is 6.07. The molecule has 0 radical (unpaired) electrons.